The second kappa shape index (κ2) is 7.45. The predicted octanol–water partition coefficient (Wildman–Crippen LogP) is 0.556. The van der Waals surface area contributed by atoms with Crippen molar-refractivity contribution in [1.29, 1.82) is 0 Å². The molecule has 1 fully saturated rings. The topological polar surface area (TPSA) is 99.1 Å². The summed E-state index contributed by atoms with van der Waals surface area (Å²) in [4.78, 5) is 25.8. The molecule has 0 unspecified atom stereocenters. The molecule has 1 amide bonds. The number of nitrogens with one attached hydrogen (secondary N) is 1. The standard InChI is InChI=1S/C17H23BN2O5/c1-20-7-5-11(6-8-20)9-15(21)19-14-10-12-3-2-4-13(17(22)23)16(12)25-18(14)24/h2-4,11,14,24H,5-10H2,1H3,(H,19,21)(H,22,23)/t14-/m0/s1. The molecule has 2 aliphatic heterocycles. The van der Waals surface area contributed by atoms with Crippen LogP contribution in [0.3, 0.4) is 0 Å². The third-order valence-electron chi connectivity index (χ3n) is 5.01. The van der Waals surface area contributed by atoms with Crippen LogP contribution in [0.4, 0.5) is 0 Å². The number of carbonyl (C=O) groups excluding carboxylic acids is 1. The Morgan fingerprint density at radius 1 is 1.36 bits per heavy atom. The van der Waals surface area contributed by atoms with Gasteiger partial charge in [-0.3, -0.25) is 4.79 Å². The lowest BCUT2D eigenvalue weighted by Gasteiger charge is -2.31. The molecule has 0 saturated carbocycles. The number of carboxylic acid groups (broad SMARTS) is 1. The van der Waals surface area contributed by atoms with Crippen LogP contribution in [-0.2, 0) is 11.2 Å². The fourth-order valence-corrected chi connectivity index (χ4v) is 3.51. The van der Waals surface area contributed by atoms with Crippen molar-refractivity contribution in [3.8, 4) is 5.75 Å². The van der Waals surface area contributed by atoms with E-state index in [9.17, 15) is 19.7 Å². The quantitative estimate of drug-likeness (QED) is 0.689. The van der Waals surface area contributed by atoms with Gasteiger partial charge in [0.05, 0.1) is 11.5 Å². The molecular formula is C17H23BN2O5. The minimum Gasteiger partial charge on any atom is -0.534 e. The number of rotatable bonds is 4. The third kappa shape index (κ3) is 4.14. The monoisotopic (exact) mass is 346 g/mol. The fraction of sp³-hybridized carbons (Fsp3) is 0.529. The highest BCUT2D eigenvalue weighted by atomic mass is 16.5. The molecule has 1 saturated heterocycles. The maximum Gasteiger partial charge on any atom is 0.547 e. The molecule has 0 aromatic heterocycles. The van der Waals surface area contributed by atoms with Crippen molar-refractivity contribution in [3.63, 3.8) is 0 Å². The number of para-hydroxylation sites is 1. The average Bonchev–Trinajstić information content (AvgIpc) is 2.57. The molecule has 0 spiro atoms. The molecule has 2 heterocycles. The van der Waals surface area contributed by atoms with Gasteiger partial charge in [-0.05, 0) is 56.9 Å². The SMILES string of the molecule is CN1CCC(CC(=O)N[C@H]2Cc3cccc(C(=O)O)c3OB2O)CC1. The Bertz CT molecular complexity index is 660. The second-order valence-electron chi connectivity index (χ2n) is 6.94. The van der Waals surface area contributed by atoms with Gasteiger partial charge in [0.1, 0.15) is 5.75 Å². The number of piperidine rings is 1. The summed E-state index contributed by atoms with van der Waals surface area (Å²) >= 11 is 0. The molecule has 3 N–H and O–H groups in total. The molecule has 134 valence electrons. The van der Waals surface area contributed by atoms with Crippen LogP contribution < -0.4 is 9.97 Å². The summed E-state index contributed by atoms with van der Waals surface area (Å²) in [5.41, 5.74) is 0.697. The number of fused-ring (bicyclic) bond motifs is 1. The van der Waals surface area contributed by atoms with Crippen molar-refractivity contribution in [3.05, 3.63) is 29.3 Å². The summed E-state index contributed by atoms with van der Waals surface area (Å²) in [6.45, 7) is 2.00. The van der Waals surface area contributed by atoms with Crippen LogP contribution in [0.2, 0.25) is 0 Å². The first-order valence-corrected chi connectivity index (χ1v) is 8.62. The van der Waals surface area contributed by atoms with Gasteiger partial charge in [0.25, 0.3) is 0 Å². The molecule has 1 atom stereocenters. The maximum absolute atomic E-state index is 12.3. The van der Waals surface area contributed by atoms with Crippen molar-refractivity contribution >= 4 is 19.0 Å². The zero-order valence-corrected chi connectivity index (χ0v) is 14.3. The molecule has 7 nitrogen and oxygen atoms in total. The van der Waals surface area contributed by atoms with Gasteiger partial charge in [-0.25, -0.2) is 4.79 Å². The van der Waals surface area contributed by atoms with E-state index in [1.165, 1.54) is 6.07 Å². The summed E-state index contributed by atoms with van der Waals surface area (Å²) in [5.74, 6) is -1.23. The molecule has 0 radical (unpaired) electrons. The van der Waals surface area contributed by atoms with Crippen molar-refractivity contribution < 1.29 is 24.4 Å². The summed E-state index contributed by atoms with van der Waals surface area (Å²) in [7, 11) is 0.823. The molecule has 25 heavy (non-hydrogen) atoms. The molecule has 8 heteroatoms. The molecule has 0 bridgehead atoms. The smallest absolute Gasteiger partial charge is 0.534 e. The first-order valence-electron chi connectivity index (χ1n) is 8.62. The van der Waals surface area contributed by atoms with Gasteiger partial charge in [-0.15, -0.1) is 0 Å². The number of aromatic carboxylic acids is 1. The van der Waals surface area contributed by atoms with E-state index in [0.29, 0.717) is 24.3 Å². The summed E-state index contributed by atoms with van der Waals surface area (Å²) in [5, 5.41) is 22.2. The van der Waals surface area contributed by atoms with Gasteiger partial charge in [0, 0.05) is 6.42 Å². The minimum atomic E-state index is -1.26. The van der Waals surface area contributed by atoms with E-state index in [1.807, 2.05) is 0 Å². The Kier molecular flexibility index (Phi) is 5.29. The Balaban J connectivity index is 1.61. The van der Waals surface area contributed by atoms with Crippen LogP contribution in [0.5, 0.6) is 5.75 Å². The number of carboxylic acids is 1. The first-order chi connectivity index (χ1) is 11.9. The molecule has 1 aromatic carbocycles. The van der Waals surface area contributed by atoms with Crippen LogP contribution in [0, 0.1) is 5.92 Å². The second-order valence-corrected chi connectivity index (χ2v) is 6.94. The summed E-state index contributed by atoms with van der Waals surface area (Å²) < 4.78 is 5.40. The number of benzene rings is 1. The van der Waals surface area contributed by atoms with Crippen LogP contribution in [-0.4, -0.2) is 60.1 Å². The molecule has 3 rings (SSSR count). The number of hydrogen-bond acceptors (Lipinski definition) is 5. The first kappa shape index (κ1) is 17.8. The summed E-state index contributed by atoms with van der Waals surface area (Å²) in [6.07, 6.45) is 2.78. The van der Waals surface area contributed by atoms with Crippen LogP contribution >= 0.6 is 0 Å². The number of hydrogen-bond donors (Lipinski definition) is 3. The van der Waals surface area contributed by atoms with E-state index in [-0.39, 0.29) is 17.2 Å². The van der Waals surface area contributed by atoms with Gasteiger partial charge in [0.15, 0.2) is 0 Å². The largest absolute Gasteiger partial charge is 0.547 e. The lowest BCUT2D eigenvalue weighted by molar-refractivity contribution is -0.122. The lowest BCUT2D eigenvalue weighted by atomic mass is 9.72. The predicted molar refractivity (Wildman–Crippen MR) is 92.5 cm³/mol. The van der Waals surface area contributed by atoms with E-state index < -0.39 is 19.0 Å². The van der Waals surface area contributed by atoms with E-state index in [4.69, 9.17) is 4.65 Å². The van der Waals surface area contributed by atoms with Crippen molar-refractivity contribution in [2.45, 2.75) is 31.6 Å². The highest BCUT2D eigenvalue weighted by Crippen LogP contribution is 2.30. The zero-order valence-electron chi connectivity index (χ0n) is 14.3. The third-order valence-corrected chi connectivity index (χ3v) is 5.01. The molecule has 0 aliphatic carbocycles. The van der Waals surface area contributed by atoms with Crippen molar-refractivity contribution in [2.24, 2.45) is 5.92 Å². The molecule has 2 aliphatic rings. The van der Waals surface area contributed by atoms with E-state index >= 15 is 0 Å². The normalized spacial score (nSPS) is 21.4. The Morgan fingerprint density at radius 2 is 2.08 bits per heavy atom. The number of carbonyl (C=O) groups is 2. The van der Waals surface area contributed by atoms with Gasteiger partial charge in [0.2, 0.25) is 5.91 Å². The average molecular weight is 346 g/mol. The number of amides is 1. The highest BCUT2D eigenvalue weighted by Gasteiger charge is 2.38. The van der Waals surface area contributed by atoms with E-state index in [1.54, 1.807) is 12.1 Å². The van der Waals surface area contributed by atoms with Gasteiger partial charge in [-0.2, -0.15) is 0 Å². The van der Waals surface area contributed by atoms with Gasteiger partial charge in [-0.1, -0.05) is 12.1 Å². The Morgan fingerprint density at radius 3 is 2.76 bits per heavy atom. The number of likely N-dealkylation sites (tertiary alicyclic amines) is 1. The van der Waals surface area contributed by atoms with Gasteiger partial charge < -0.3 is 25.0 Å². The maximum atomic E-state index is 12.3. The van der Waals surface area contributed by atoms with E-state index in [2.05, 4.69) is 17.3 Å². The minimum absolute atomic E-state index is 0.0210. The summed E-state index contributed by atoms with van der Waals surface area (Å²) in [6, 6.07) is 4.83. The molecular weight excluding hydrogens is 323 g/mol. The fourth-order valence-electron chi connectivity index (χ4n) is 3.51. The van der Waals surface area contributed by atoms with Crippen molar-refractivity contribution in [1.82, 2.24) is 10.2 Å². The van der Waals surface area contributed by atoms with Crippen LogP contribution in [0.15, 0.2) is 18.2 Å². The highest BCUT2D eigenvalue weighted by molar-refractivity contribution is 6.47. The van der Waals surface area contributed by atoms with Gasteiger partial charge >= 0.3 is 13.1 Å². The van der Waals surface area contributed by atoms with E-state index in [0.717, 1.165) is 25.9 Å². The van der Waals surface area contributed by atoms with Crippen LogP contribution in [0.25, 0.3) is 0 Å². The molecule has 1 aromatic rings. The number of nitrogens with zero attached hydrogens (tertiary/aromatic N) is 1. The Hall–Kier alpha value is -2.06. The van der Waals surface area contributed by atoms with Crippen molar-refractivity contribution in [2.75, 3.05) is 20.1 Å². The lowest BCUT2D eigenvalue weighted by Crippen LogP contribution is -2.53. The zero-order chi connectivity index (χ0) is 18.0. The van der Waals surface area contributed by atoms with Crippen LogP contribution in [0.1, 0.15) is 35.2 Å². The Labute approximate surface area is 147 Å².